The molecule has 1 rings (SSSR count). The van der Waals surface area contributed by atoms with E-state index in [-0.39, 0.29) is 0 Å². The highest BCUT2D eigenvalue weighted by molar-refractivity contribution is 6.32. The maximum absolute atomic E-state index is 8.41. The minimum absolute atomic E-state index is 0.416. The molecule has 0 aliphatic rings. The second-order valence-corrected chi connectivity index (χ2v) is 3.39. The number of hydrogen-bond donors (Lipinski definition) is 0. The third-order valence-corrected chi connectivity index (χ3v) is 2.44. The zero-order chi connectivity index (χ0) is 9.68. The fourth-order valence-electron chi connectivity index (χ4n) is 1.09. The van der Waals surface area contributed by atoms with Crippen molar-refractivity contribution in [1.82, 2.24) is 0 Å². The summed E-state index contributed by atoms with van der Waals surface area (Å²) < 4.78 is 0. The Morgan fingerprint density at radius 3 is 2.77 bits per heavy atom. The fourth-order valence-corrected chi connectivity index (χ4v) is 1.56. The Labute approximate surface area is 87.9 Å². The van der Waals surface area contributed by atoms with Crippen LogP contribution >= 0.6 is 23.2 Å². The van der Waals surface area contributed by atoms with Gasteiger partial charge >= 0.3 is 0 Å². The van der Waals surface area contributed by atoms with Crippen molar-refractivity contribution in [3.05, 3.63) is 34.3 Å². The molecule has 0 aliphatic carbocycles. The van der Waals surface area contributed by atoms with Crippen LogP contribution in [0.1, 0.15) is 17.5 Å². The normalized spacial score (nSPS) is 9.62. The van der Waals surface area contributed by atoms with Crippen LogP contribution in [-0.2, 0) is 12.3 Å². The van der Waals surface area contributed by atoms with Gasteiger partial charge in [0.05, 0.1) is 6.07 Å². The lowest BCUT2D eigenvalue weighted by Gasteiger charge is -2.02. The molecule has 1 aromatic carbocycles. The predicted octanol–water partition coefficient (Wildman–Crippen LogP) is 3.53. The van der Waals surface area contributed by atoms with Gasteiger partial charge in [0.15, 0.2) is 0 Å². The lowest BCUT2D eigenvalue weighted by molar-refractivity contribution is 1.01. The third kappa shape index (κ3) is 2.91. The van der Waals surface area contributed by atoms with Crippen LogP contribution in [0.15, 0.2) is 18.2 Å². The van der Waals surface area contributed by atoms with Gasteiger partial charge < -0.3 is 0 Å². The van der Waals surface area contributed by atoms with Crippen LogP contribution in [0.5, 0.6) is 0 Å². The Balaban J connectivity index is 2.81. The highest BCUT2D eigenvalue weighted by Gasteiger charge is 2.00. The first-order valence-electron chi connectivity index (χ1n) is 3.98. The molecule has 0 atom stereocenters. The van der Waals surface area contributed by atoms with Crippen LogP contribution in [0.2, 0.25) is 5.02 Å². The lowest BCUT2D eigenvalue weighted by Crippen LogP contribution is -1.87. The van der Waals surface area contributed by atoms with Crippen molar-refractivity contribution >= 4 is 23.2 Å². The van der Waals surface area contributed by atoms with E-state index >= 15 is 0 Å². The summed E-state index contributed by atoms with van der Waals surface area (Å²) in [5.41, 5.74) is 2.04. The first-order chi connectivity index (χ1) is 6.27. The minimum atomic E-state index is 0.416. The number of nitrogens with zero attached hydrogens (tertiary/aromatic N) is 1. The second kappa shape index (κ2) is 5.11. The highest BCUT2D eigenvalue weighted by Crippen LogP contribution is 2.19. The van der Waals surface area contributed by atoms with E-state index in [2.05, 4.69) is 6.07 Å². The van der Waals surface area contributed by atoms with Crippen molar-refractivity contribution in [2.24, 2.45) is 0 Å². The van der Waals surface area contributed by atoms with Gasteiger partial charge in [0.1, 0.15) is 0 Å². The number of rotatable bonds is 3. The van der Waals surface area contributed by atoms with Crippen LogP contribution in [0.4, 0.5) is 0 Å². The molecular weight excluding hydrogens is 205 g/mol. The van der Waals surface area contributed by atoms with E-state index in [9.17, 15) is 0 Å². The molecule has 0 saturated carbocycles. The zero-order valence-corrected chi connectivity index (χ0v) is 8.57. The minimum Gasteiger partial charge on any atom is -0.198 e. The molecule has 0 fully saturated rings. The molecule has 0 aromatic heterocycles. The molecule has 3 heteroatoms. The summed E-state index contributed by atoms with van der Waals surface area (Å²) in [6.07, 6.45) is 1.29. The van der Waals surface area contributed by atoms with Crippen LogP contribution in [0.25, 0.3) is 0 Å². The molecule has 0 unspecified atom stereocenters. The summed E-state index contributed by atoms with van der Waals surface area (Å²) in [6.45, 7) is 0. The summed E-state index contributed by atoms with van der Waals surface area (Å²) >= 11 is 11.6. The monoisotopic (exact) mass is 213 g/mol. The standard InChI is InChI=1S/C10H9Cl2N/c11-7-9-6-8(2-1-5-13)3-4-10(9)12/h3-4,6H,1-2,7H2. The molecular formula is C10H9Cl2N. The smallest absolute Gasteiger partial charge is 0.0625 e. The molecule has 0 bridgehead atoms. The predicted molar refractivity (Wildman–Crippen MR) is 54.9 cm³/mol. The molecule has 0 saturated heterocycles. The van der Waals surface area contributed by atoms with Crippen molar-refractivity contribution < 1.29 is 0 Å². The Morgan fingerprint density at radius 2 is 2.15 bits per heavy atom. The maximum atomic E-state index is 8.41. The largest absolute Gasteiger partial charge is 0.198 e. The van der Waals surface area contributed by atoms with E-state index in [0.717, 1.165) is 17.5 Å². The SMILES string of the molecule is N#CCCc1ccc(Cl)c(CCl)c1. The van der Waals surface area contributed by atoms with E-state index < -0.39 is 0 Å². The number of alkyl halides is 1. The van der Waals surface area contributed by atoms with Crippen LogP contribution in [0.3, 0.4) is 0 Å². The van der Waals surface area contributed by atoms with Gasteiger partial charge in [-0.05, 0) is 23.6 Å². The molecule has 1 aromatic rings. The average molecular weight is 214 g/mol. The summed E-state index contributed by atoms with van der Waals surface area (Å²) in [5, 5.41) is 9.10. The van der Waals surface area contributed by atoms with E-state index in [1.165, 1.54) is 0 Å². The molecule has 0 aliphatic heterocycles. The first-order valence-corrected chi connectivity index (χ1v) is 4.89. The topological polar surface area (TPSA) is 23.8 Å². The van der Waals surface area contributed by atoms with E-state index in [4.69, 9.17) is 28.5 Å². The van der Waals surface area contributed by atoms with Gasteiger partial charge in [0.25, 0.3) is 0 Å². The van der Waals surface area contributed by atoms with Gasteiger partial charge in [-0.3, -0.25) is 0 Å². The van der Waals surface area contributed by atoms with Gasteiger partial charge in [-0.2, -0.15) is 5.26 Å². The second-order valence-electron chi connectivity index (χ2n) is 2.72. The third-order valence-electron chi connectivity index (χ3n) is 1.78. The molecule has 0 N–H and O–H groups in total. The summed E-state index contributed by atoms with van der Waals surface area (Å²) in [7, 11) is 0. The van der Waals surface area contributed by atoms with E-state index in [1.807, 2.05) is 18.2 Å². The average Bonchev–Trinajstić information content (AvgIpc) is 2.16. The number of benzene rings is 1. The van der Waals surface area contributed by atoms with Crippen LogP contribution < -0.4 is 0 Å². The van der Waals surface area contributed by atoms with Crippen LogP contribution in [0, 0.1) is 11.3 Å². The van der Waals surface area contributed by atoms with E-state index in [1.54, 1.807) is 0 Å². The maximum Gasteiger partial charge on any atom is 0.0625 e. The van der Waals surface area contributed by atoms with Crippen molar-refractivity contribution in [3.8, 4) is 6.07 Å². The summed E-state index contributed by atoms with van der Waals surface area (Å²) in [4.78, 5) is 0. The molecule has 0 heterocycles. The molecule has 0 amide bonds. The van der Waals surface area contributed by atoms with Crippen molar-refractivity contribution in [1.29, 1.82) is 5.26 Å². The zero-order valence-electron chi connectivity index (χ0n) is 7.06. The molecule has 13 heavy (non-hydrogen) atoms. The molecule has 0 spiro atoms. The van der Waals surface area contributed by atoms with Gasteiger partial charge in [-0.25, -0.2) is 0 Å². The summed E-state index contributed by atoms with van der Waals surface area (Å²) in [6, 6.07) is 7.81. The van der Waals surface area contributed by atoms with Crippen LogP contribution in [-0.4, -0.2) is 0 Å². The first kappa shape index (κ1) is 10.4. The number of hydrogen-bond acceptors (Lipinski definition) is 1. The molecule has 68 valence electrons. The van der Waals surface area contributed by atoms with Crippen molar-refractivity contribution in [3.63, 3.8) is 0 Å². The molecule has 1 nitrogen and oxygen atoms in total. The summed E-state index contributed by atoms with van der Waals surface area (Å²) in [5.74, 6) is 0.416. The van der Waals surface area contributed by atoms with Gasteiger partial charge in [-0.15, -0.1) is 11.6 Å². The number of halogens is 2. The van der Waals surface area contributed by atoms with E-state index in [0.29, 0.717) is 17.3 Å². The Kier molecular flexibility index (Phi) is 4.08. The van der Waals surface area contributed by atoms with Crippen molar-refractivity contribution in [2.45, 2.75) is 18.7 Å². The molecule has 0 radical (unpaired) electrons. The van der Waals surface area contributed by atoms with Gasteiger partial charge in [-0.1, -0.05) is 23.7 Å². The highest BCUT2D eigenvalue weighted by atomic mass is 35.5. The van der Waals surface area contributed by atoms with Crippen molar-refractivity contribution in [2.75, 3.05) is 0 Å². The fraction of sp³-hybridized carbons (Fsp3) is 0.300. The Morgan fingerprint density at radius 1 is 1.38 bits per heavy atom. The van der Waals surface area contributed by atoms with Gasteiger partial charge in [0, 0.05) is 17.3 Å². The lowest BCUT2D eigenvalue weighted by atomic mass is 10.1. The number of nitriles is 1. The number of aryl methyl sites for hydroxylation is 1. The Bertz CT molecular complexity index is 328. The van der Waals surface area contributed by atoms with Gasteiger partial charge in [0.2, 0.25) is 0 Å². The quantitative estimate of drug-likeness (QED) is 0.706. The Hall–Kier alpha value is -0.710.